The normalized spacial score (nSPS) is 20.5. The fourth-order valence-electron chi connectivity index (χ4n) is 1.82. The highest BCUT2D eigenvalue weighted by atomic mass is 79.9. The third-order valence-electron chi connectivity index (χ3n) is 2.80. The van der Waals surface area contributed by atoms with E-state index in [1.54, 1.807) is 24.3 Å². The van der Waals surface area contributed by atoms with E-state index < -0.39 is 0 Å². The molecular weight excluding hydrogens is 284 g/mol. The highest BCUT2D eigenvalue weighted by Gasteiger charge is 2.28. The van der Waals surface area contributed by atoms with Gasteiger partial charge in [-0.25, -0.2) is 0 Å². The summed E-state index contributed by atoms with van der Waals surface area (Å²) in [5.74, 6) is -0.425. The molecule has 5 heteroatoms. The molecule has 4 nitrogen and oxygen atoms in total. The van der Waals surface area contributed by atoms with Crippen LogP contribution in [0.5, 0.6) is 0 Å². The summed E-state index contributed by atoms with van der Waals surface area (Å²) >= 11 is 3.30. The number of amides is 2. The maximum atomic E-state index is 12.1. The third-order valence-corrected chi connectivity index (χ3v) is 3.33. The monoisotopic (exact) mass is 296 g/mol. The van der Waals surface area contributed by atoms with Crippen LogP contribution in [-0.4, -0.2) is 29.3 Å². The summed E-state index contributed by atoms with van der Waals surface area (Å²) in [4.78, 5) is 25.1. The van der Waals surface area contributed by atoms with Gasteiger partial charge in [-0.15, -0.1) is 0 Å². The molecule has 0 bridgehead atoms. The van der Waals surface area contributed by atoms with Crippen molar-refractivity contribution in [1.29, 1.82) is 0 Å². The summed E-state index contributed by atoms with van der Waals surface area (Å²) in [5, 5.41) is 0. The molecule has 1 unspecified atom stereocenters. The minimum absolute atomic E-state index is 0.114. The molecule has 0 spiro atoms. The largest absolute Gasteiger partial charge is 0.327 e. The minimum atomic E-state index is -0.241. The van der Waals surface area contributed by atoms with E-state index in [0.717, 1.165) is 4.47 Å². The van der Waals surface area contributed by atoms with Crippen LogP contribution in [0.4, 0.5) is 0 Å². The predicted molar refractivity (Wildman–Crippen MR) is 67.4 cm³/mol. The molecule has 1 aliphatic heterocycles. The summed E-state index contributed by atoms with van der Waals surface area (Å²) in [5.41, 5.74) is 6.21. The highest BCUT2D eigenvalue weighted by Crippen LogP contribution is 2.16. The smallest absolute Gasteiger partial charge is 0.260 e. The van der Waals surface area contributed by atoms with E-state index in [4.69, 9.17) is 5.73 Å². The molecule has 2 rings (SSSR count). The SMILES string of the molecule is NC1CCN(C(=O)c2ccc(Br)cc2)C(=O)C1. The molecule has 1 atom stereocenters. The van der Waals surface area contributed by atoms with Gasteiger partial charge in [-0.05, 0) is 30.7 Å². The number of rotatable bonds is 1. The standard InChI is InChI=1S/C12H13BrN2O2/c13-9-3-1-8(2-4-9)12(17)15-6-5-10(14)7-11(15)16/h1-4,10H,5-7,14H2. The second kappa shape index (κ2) is 4.98. The van der Waals surface area contributed by atoms with Gasteiger partial charge < -0.3 is 5.73 Å². The number of carbonyl (C=O) groups is 2. The van der Waals surface area contributed by atoms with Crippen LogP contribution < -0.4 is 5.73 Å². The summed E-state index contributed by atoms with van der Waals surface area (Å²) in [6, 6.07) is 6.86. The van der Waals surface area contributed by atoms with Crippen LogP contribution in [-0.2, 0) is 4.79 Å². The maximum Gasteiger partial charge on any atom is 0.260 e. The molecule has 2 N–H and O–H groups in total. The number of nitrogens with two attached hydrogens (primary N) is 1. The summed E-state index contributed by atoms with van der Waals surface area (Å²) in [6.45, 7) is 0.412. The van der Waals surface area contributed by atoms with Crippen molar-refractivity contribution < 1.29 is 9.59 Å². The Morgan fingerprint density at radius 1 is 1.35 bits per heavy atom. The van der Waals surface area contributed by atoms with Gasteiger partial charge in [0.25, 0.3) is 5.91 Å². The van der Waals surface area contributed by atoms with Crippen LogP contribution in [0.15, 0.2) is 28.7 Å². The summed E-state index contributed by atoms with van der Waals surface area (Å²) in [7, 11) is 0. The molecule has 0 aromatic heterocycles. The van der Waals surface area contributed by atoms with Gasteiger partial charge in [-0.3, -0.25) is 14.5 Å². The number of likely N-dealkylation sites (tertiary alicyclic amines) is 1. The summed E-state index contributed by atoms with van der Waals surface area (Å²) in [6.07, 6.45) is 0.927. The van der Waals surface area contributed by atoms with Crippen molar-refractivity contribution in [3.8, 4) is 0 Å². The van der Waals surface area contributed by atoms with Gasteiger partial charge in [0.1, 0.15) is 0 Å². The van der Waals surface area contributed by atoms with Crippen molar-refractivity contribution in [2.75, 3.05) is 6.54 Å². The number of benzene rings is 1. The molecule has 1 saturated heterocycles. The Kier molecular flexibility index (Phi) is 3.59. The van der Waals surface area contributed by atoms with E-state index >= 15 is 0 Å². The van der Waals surface area contributed by atoms with Gasteiger partial charge in [0.05, 0.1) is 0 Å². The fraction of sp³-hybridized carbons (Fsp3) is 0.333. The molecule has 0 radical (unpaired) electrons. The van der Waals surface area contributed by atoms with Crippen LogP contribution in [0.1, 0.15) is 23.2 Å². The van der Waals surface area contributed by atoms with Crippen molar-refractivity contribution in [1.82, 2.24) is 4.90 Å². The van der Waals surface area contributed by atoms with Crippen LogP contribution >= 0.6 is 15.9 Å². The zero-order valence-electron chi connectivity index (χ0n) is 9.23. The Morgan fingerprint density at radius 3 is 2.59 bits per heavy atom. The van der Waals surface area contributed by atoms with E-state index in [-0.39, 0.29) is 24.3 Å². The number of hydrogen-bond donors (Lipinski definition) is 1. The van der Waals surface area contributed by atoms with E-state index in [1.165, 1.54) is 4.90 Å². The van der Waals surface area contributed by atoms with E-state index in [0.29, 0.717) is 18.5 Å². The van der Waals surface area contributed by atoms with Crippen molar-refractivity contribution in [3.63, 3.8) is 0 Å². The Morgan fingerprint density at radius 2 is 2.00 bits per heavy atom. The topological polar surface area (TPSA) is 63.4 Å². The first-order valence-corrected chi connectivity index (χ1v) is 6.23. The molecular formula is C12H13BrN2O2. The van der Waals surface area contributed by atoms with Crippen LogP contribution in [0.25, 0.3) is 0 Å². The van der Waals surface area contributed by atoms with Gasteiger partial charge in [0.15, 0.2) is 0 Å². The lowest BCUT2D eigenvalue weighted by Gasteiger charge is -2.28. The first-order valence-electron chi connectivity index (χ1n) is 5.44. The second-order valence-corrected chi connectivity index (χ2v) is 5.03. The average Bonchev–Trinajstić information content (AvgIpc) is 2.29. The van der Waals surface area contributed by atoms with Crippen molar-refractivity contribution in [3.05, 3.63) is 34.3 Å². The van der Waals surface area contributed by atoms with E-state index in [2.05, 4.69) is 15.9 Å². The lowest BCUT2D eigenvalue weighted by atomic mass is 10.0. The molecule has 1 aliphatic rings. The molecule has 90 valence electrons. The second-order valence-electron chi connectivity index (χ2n) is 4.11. The van der Waals surface area contributed by atoms with Crippen LogP contribution in [0.2, 0.25) is 0 Å². The predicted octanol–water partition coefficient (Wildman–Crippen LogP) is 1.54. The van der Waals surface area contributed by atoms with Gasteiger partial charge in [-0.2, -0.15) is 0 Å². The zero-order chi connectivity index (χ0) is 12.4. The van der Waals surface area contributed by atoms with Crippen molar-refractivity contribution >= 4 is 27.7 Å². The van der Waals surface area contributed by atoms with Crippen molar-refractivity contribution in [2.45, 2.75) is 18.9 Å². The summed E-state index contributed by atoms with van der Waals surface area (Å²) < 4.78 is 0.904. The lowest BCUT2D eigenvalue weighted by molar-refractivity contribution is -0.130. The minimum Gasteiger partial charge on any atom is -0.327 e. The molecule has 0 saturated carbocycles. The number of halogens is 1. The first kappa shape index (κ1) is 12.3. The number of carbonyl (C=O) groups excluding carboxylic acids is 2. The Labute approximate surface area is 108 Å². The Balaban J connectivity index is 2.15. The Bertz CT molecular complexity index is 444. The number of piperidine rings is 1. The van der Waals surface area contributed by atoms with Gasteiger partial charge >= 0.3 is 0 Å². The van der Waals surface area contributed by atoms with Crippen LogP contribution in [0, 0.1) is 0 Å². The van der Waals surface area contributed by atoms with Crippen LogP contribution in [0.3, 0.4) is 0 Å². The molecule has 1 aromatic rings. The quantitative estimate of drug-likeness (QED) is 0.800. The van der Waals surface area contributed by atoms with E-state index in [9.17, 15) is 9.59 Å². The molecule has 1 fully saturated rings. The van der Waals surface area contributed by atoms with E-state index in [1.807, 2.05) is 0 Å². The number of hydrogen-bond acceptors (Lipinski definition) is 3. The molecule has 1 aromatic carbocycles. The van der Waals surface area contributed by atoms with Gasteiger partial charge in [0.2, 0.25) is 5.91 Å². The molecule has 2 amide bonds. The lowest BCUT2D eigenvalue weighted by Crippen LogP contribution is -2.46. The third kappa shape index (κ3) is 2.73. The molecule has 0 aliphatic carbocycles. The number of nitrogens with zero attached hydrogens (tertiary/aromatic N) is 1. The zero-order valence-corrected chi connectivity index (χ0v) is 10.8. The van der Waals surface area contributed by atoms with Gasteiger partial charge in [-0.1, -0.05) is 15.9 Å². The molecule has 17 heavy (non-hydrogen) atoms. The Hall–Kier alpha value is -1.20. The maximum absolute atomic E-state index is 12.1. The number of imide groups is 1. The molecule has 1 heterocycles. The first-order chi connectivity index (χ1) is 8.08. The highest BCUT2D eigenvalue weighted by molar-refractivity contribution is 9.10. The van der Waals surface area contributed by atoms with Gasteiger partial charge in [0, 0.05) is 29.0 Å². The fourth-order valence-corrected chi connectivity index (χ4v) is 2.08. The van der Waals surface area contributed by atoms with Crippen molar-refractivity contribution in [2.24, 2.45) is 5.73 Å². The average molecular weight is 297 g/mol.